The number of amides is 1. The van der Waals surface area contributed by atoms with E-state index in [1.807, 2.05) is 6.08 Å². The quantitative estimate of drug-likeness (QED) is 0.0373. The average Bonchev–Trinajstić information content (AvgIpc) is 3.14. The molecule has 0 spiro atoms. The summed E-state index contributed by atoms with van der Waals surface area (Å²) in [6.07, 6.45) is 54.0. The number of carbonyl (C=O) groups is 1. The van der Waals surface area contributed by atoms with Crippen LogP contribution in [0.25, 0.3) is 0 Å². The Morgan fingerprint density at radius 1 is 0.481 bits per heavy atom. The molecule has 1 amide bonds. The van der Waals surface area contributed by atoms with Gasteiger partial charge in [0.2, 0.25) is 5.91 Å². The van der Waals surface area contributed by atoms with Crippen molar-refractivity contribution in [1.82, 2.24) is 5.32 Å². The van der Waals surface area contributed by atoms with Crippen molar-refractivity contribution in [3.63, 3.8) is 0 Å². The van der Waals surface area contributed by atoms with Gasteiger partial charge in [0.25, 0.3) is 0 Å². The number of unbranched alkanes of at least 4 members (excludes halogenated alkanes) is 25. The van der Waals surface area contributed by atoms with E-state index in [1.165, 1.54) is 154 Å². The number of carbonyl (C=O) groups excluding carboxylic acids is 1. The second-order valence-corrected chi connectivity index (χ2v) is 15.3. The molecule has 0 radical (unpaired) electrons. The van der Waals surface area contributed by atoms with Gasteiger partial charge >= 0.3 is 0 Å². The first-order valence-electron chi connectivity index (χ1n) is 22.4. The average molecular weight is 730 g/mol. The minimum absolute atomic E-state index is 0.000535. The van der Waals surface area contributed by atoms with E-state index in [4.69, 9.17) is 0 Å². The van der Waals surface area contributed by atoms with E-state index in [9.17, 15) is 20.1 Å². The Balaban J connectivity index is 3.66. The van der Waals surface area contributed by atoms with E-state index in [0.29, 0.717) is 6.42 Å². The van der Waals surface area contributed by atoms with Gasteiger partial charge in [0.1, 0.15) is 0 Å². The first kappa shape index (κ1) is 50.3. The molecule has 0 aromatic carbocycles. The molecule has 0 aliphatic heterocycles. The summed E-state index contributed by atoms with van der Waals surface area (Å²) in [6.45, 7) is 4.16. The molecule has 0 rings (SSSR count). The maximum atomic E-state index is 12.4. The fraction of sp³-hybridized carbons (Fsp3) is 0.809. The van der Waals surface area contributed by atoms with Gasteiger partial charge < -0.3 is 20.6 Å². The summed E-state index contributed by atoms with van der Waals surface area (Å²) in [4.78, 5) is 12.4. The molecule has 3 unspecified atom stereocenters. The maximum Gasteiger partial charge on any atom is 0.222 e. The highest BCUT2D eigenvalue weighted by molar-refractivity contribution is 5.76. The number of rotatable bonds is 40. The standard InChI is InChI=1S/C47H87NO4/c1-3-5-7-9-11-13-15-17-18-19-20-21-22-23-24-25-26-27-29-30-32-34-36-38-40-44(50)42-47(52)48-45(43-49)46(51)41-39-37-35-33-31-28-16-14-12-10-8-6-4-2/h12,14,23-24,31,33,39,41,44-46,49-51H,3-11,13,15-22,25-30,32,34-38,40,42-43H2,1-2H3,(H,48,52)/b14-12+,24-23-,33-31+,41-39+. The van der Waals surface area contributed by atoms with Gasteiger partial charge in [-0.05, 0) is 70.6 Å². The third kappa shape index (κ3) is 38.0. The fourth-order valence-electron chi connectivity index (χ4n) is 6.60. The second-order valence-electron chi connectivity index (χ2n) is 15.3. The van der Waals surface area contributed by atoms with Gasteiger partial charge in [-0.3, -0.25) is 4.79 Å². The first-order valence-corrected chi connectivity index (χ1v) is 22.4. The van der Waals surface area contributed by atoms with Gasteiger partial charge in [0.05, 0.1) is 31.3 Å². The molecular formula is C47H87NO4. The van der Waals surface area contributed by atoms with Gasteiger partial charge in [0, 0.05) is 0 Å². The Kier molecular flexibility index (Phi) is 40.7. The zero-order valence-corrected chi connectivity index (χ0v) is 34.4. The van der Waals surface area contributed by atoms with Crippen molar-refractivity contribution in [1.29, 1.82) is 0 Å². The molecule has 0 saturated heterocycles. The molecule has 4 N–H and O–H groups in total. The minimum Gasteiger partial charge on any atom is -0.394 e. The van der Waals surface area contributed by atoms with Gasteiger partial charge in [-0.25, -0.2) is 0 Å². The maximum absolute atomic E-state index is 12.4. The van der Waals surface area contributed by atoms with Gasteiger partial charge in [-0.2, -0.15) is 0 Å². The van der Waals surface area contributed by atoms with Gasteiger partial charge in [-0.1, -0.05) is 191 Å². The lowest BCUT2D eigenvalue weighted by Crippen LogP contribution is -2.45. The predicted molar refractivity (Wildman–Crippen MR) is 227 cm³/mol. The third-order valence-electron chi connectivity index (χ3n) is 10.1. The van der Waals surface area contributed by atoms with Crippen LogP contribution >= 0.6 is 0 Å². The number of hydrogen-bond acceptors (Lipinski definition) is 4. The van der Waals surface area contributed by atoms with Crippen LogP contribution in [0.3, 0.4) is 0 Å². The molecule has 0 heterocycles. The largest absolute Gasteiger partial charge is 0.394 e. The lowest BCUT2D eigenvalue weighted by Gasteiger charge is -2.21. The molecule has 0 aromatic heterocycles. The van der Waals surface area contributed by atoms with Crippen LogP contribution in [0.15, 0.2) is 48.6 Å². The Hall–Kier alpha value is -1.69. The van der Waals surface area contributed by atoms with Crippen LogP contribution in [0.1, 0.15) is 219 Å². The van der Waals surface area contributed by atoms with E-state index in [0.717, 1.165) is 38.5 Å². The second kappa shape index (κ2) is 42.1. The predicted octanol–water partition coefficient (Wildman–Crippen LogP) is 12.9. The molecule has 0 saturated carbocycles. The zero-order valence-electron chi connectivity index (χ0n) is 34.4. The van der Waals surface area contributed by atoms with Crippen LogP contribution in [0.5, 0.6) is 0 Å². The first-order chi connectivity index (χ1) is 25.5. The molecular weight excluding hydrogens is 643 g/mol. The monoisotopic (exact) mass is 730 g/mol. The van der Waals surface area contributed by atoms with Gasteiger partial charge in [0.15, 0.2) is 0 Å². The summed E-state index contributed by atoms with van der Waals surface area (Å²) >= 11 is 0. The van der Waals surface area contributed by atoms with Crippen LogP contribution in [0, 0.1) is 0 Å². The number of nitrogens with one attached hydrogen (secondary N) is 1. The third-order valence-corrected chi connectivity index (χ3v) is 10.1. The molecule has 3 atom stereocenters. The van der Waals surface area contributed by atoms with Crippen molar-refractivity contribution in [2.45, 2.75) is 238 Å². The van der Waals surface area contributed by atoms with Crippen molar-refractivity contribution in [2.24, 2.45) is 0 Å². The van der Waals surface area contributed by atoms with Crippen LogP contribution in [0.2, 0.25) is 0 Å². The van der Waals surface area contributed by atoms with Crippen LogP contribution in [-0.4, -0.2) is 46.1 Å². The van der Waals surface area contributed by atoms with Crippen LogP contribution in [-0.2, 0) is 4.79 Å². The SMILES string of the molecule is CCCCC/C=C/CC/C=C/CC/C=C/C(O)C(CO)NC(=O)CC(O)CCCCCCCCCC/C=C\CCCCCCCCCCCCCC. The number of allylic oxidation sites excluding steroid dienone is 7. The molecule has 5 heteroatoms. The van der Waals surface area contributed by atoms with Crippen molar-refractivity contribution >= 4 is 5.91 Å². The Morgan fingerprint density at radius 2 is 0.827 bits per heavy atom. The van der Waals surface area contributed by atoms with Crippen molar-refractivity contribution in [2.75, 3.05) is 6.61 Å². The van der Waals surface area contributed by atoms with Crippen molar-refractivity contribution in [3.8, 4) is 0 Å². The van der Waals surface area contributed by atoms with E-state index < -0.39 is 18.2 Å². The molecule has 0 aliphatic carbocycles. The van der Waals surface area contributed by atoms with E-state index >= 15 is 0 Å². The van der Waals surface area contributed by atoms with Crippen molar-refractivity contribution < 1.29 is 20.1 Å². The highest BCUT2D eigenvalue weighted by atomic mass is 16.3. The Labute approximate surface area is 323 Å². The molecule has 0 aliphatic rings. The number of hydrogen-bond donors (Lipinski definition) is 4. The Bertz CT molecular complexity index is 850. The fourth-order valence-corrected chi connectivity index (χ4v) is 6.60. The summed E-state index contributed by atoms with van der Waals surface area (Å²) in [6, 6.07) is -0.768. The van der Waals surface area contributed by atoms with E-state index in [2.05, 4.69) is 55.6 Å². The number of aliphatic hydroxyl groups excluding tert-OH is 3. The lowest BCUT2D eigenvalue weighted by atomic mass is 10.0. The molecule has 52 heavy (non-hydrogen) atoms. The summed E-state index contributed by atoms with van der Waals surface area (Å²) in [5, 5.41) is 33.1. The summed E-state index contributed by atoms with van der Waals surface area (Å²) in [7, 11) is 0. The lowest BCUT2D eigenvalue weighted by molar-refractivity contribution is -0.124. The van der Waals surface area contributed by atoms with Crippen LogP contribution < -0.4 is 5.32 Å². The highest BCUT2D eigenvalue weighted by Gasteiger charge is 2.20. The molecule has 0 fully saturated rings. The van der Waals surface area contributed by atoms with Crippen LogP contribution in [0.4, 0.5) is 0 Å². The van der Waals surface area contributed by atoms with E-state index in [-0.39, 0.29) is 18.9 Å². The molecule has 304 valence electrons. The molecule has 0 aromatic rings. The Morgan fingerprint density at radius 3 is 1.27 bits per heavy atom. The highest BCUT2D eigenvalue weighted by Crippen LogP contribution is 2.15. The van der Waals surface area contributed by atoms with E-state index in [1.54, 1.807) is 6.08 Å². The van der Waals surface area contributed by atoms with Crippen molar-refractivity contribution in [3.05, 3.63) is 48.6 Å². The zero-order chi connectivity index (χ0) is 38.0. The molecule has 5 nitrogen and oxygen atoms in total. The normalized spacial score (nSPS) is 14.0. The summed E-state index contributed by atoms with van der Waals surface area (Å²) < 4.78 is 0. The molecule has 0 bridgehead atoms. The van der Waals surface area contributed by atoms with Gasteiger partial charge in [-0.15, -0.1) is 0 Å². The smallest absolute Gasteiger partial charge is 0.222 e. The summed E-state index contributed by atoms with van der Waals surface area (Å²) in [5.41, 5.74) is 0. The topological polar surface area (TPSA) is 89.8 Å². The number of aliphatic hydroxyl groups is 3. The minimum atomic E-state index is -0.960. The summed E-state index contributed by atoms with van der Waals surface area (Å²) in [5.74, 6) is -0.333.